The van der Waals surface area contributed by atoms with Gasteiger partial charge in [-0.2, -0.15) is 0 Å². The first kappa shape index (κ1) is 15.6. The highest BCUT2D eigenvalue weighted by Gasteiger charge is 2.23. The van der Waals surface area contributed by atoms with Gasteiger partial charge in [0.25, 0.3) is 0 Å². The van der Waals surface area contributed by atoms with E-state index in [4.69, 9.17) is 16.7 Å². The van der Waals surface area contributed by atoms with Gasteiger partial charge in [0, 0.05) is 43.0 Å². The standard InChI is InChI=1S/C16H25ClN2O/c1-12(2)18-10-14-9-15(17)3-4-16(14)19-7-5-13(11-19)6-8-20/h3-4,9,12-13,18,20H,5-8,10-11H2,1-2H3. The van der Waals surface area contributed by atoms with Crippen molar-refractivity contribution < 1.29 is 5.11 Å². The summed E-state index contributed by atoms with van der Waals surface area (Å²) in [5, 5.41) is 13.3. The molecule has 1 unspecified atom stereocenters. The zero-order valence-corrected chi connectivity index (χ0v) is 13.2. The summed E-state index contributed by atoms with van der Waals surface area (Å²) in [5.74, 6) is 0.613. The van der Waals surface area contributed by atoms with Crippen LogP contribution in [0.5, 0.6) is 0 Å². The Kier molecular flexibility index (Phi) is 5.70. The van der Waals surface area contributed by atoms with E-state index in [9.17, 15) is 0 Å². The summed E-state index contributed by atoms with van der Waals surface area (Å²) < 4.78 is 0. The third-order valence-electron chi connectivity index (χ3n) is 3.91. The van der Waals surface area contributed by atoms with E-state index in [2.05, 4.69) is 36.2 Å². The molecule has 1 atom stereocenters. The Bertz CT molecular complexity index is 436. The third-order valence-corrected chi connectivity index (χ3v) is 4.14. The first-order chi connectivity index (χ1) is 9.60. The van der Waals surface area contributed by atoms with E-state index in [1.54, 1.807) is 0 Å². The molecule has 0 saturated carbocycles. The number of aliphatic hydroxyl groups is 1. The molecule has 0 aromatic heterocycles. The molecule has 1 aromatic carbocycles. The lowest BCUT2D eigenvalue weighted by molar-refractivity contribution is 0.263. The van der Waals surface area contributed by atoms with Gasteiger partial charge >= 0.3 is 0 Å². The SMILES string of the molecule is CC(C)NCc1cc(Cl)ccc1N1CCC(CCO)C1. The Labute approximate surface area is 126 Å². The van der Waals surface area contributed by atoms with Crippen molar-refractivity contribution in [3.05, 3.63) is 28.8 Å². The molecule has 1 aromatic rings. The summed E-state index contributed by atoms with van der Waals surface area (Å²) in [6.07, 6.45) is 2.07. The molecule has 1 aliphatic heterocycles. The Morgan fingerprint density at radius 1 is 1.45 bits per heavy atom. The molecule has 0 aliphatic carbocycles. The fraction of sp³-hybridized carbons (Fsp3) is 0.625. The molecule has 1 heterocycles. The number of benzene rings is 1. The van der Waals surface area contributed by atoms with E-state index in [1.807, 2.05) is 6.07 Å². The van der Waals surface area contributed by atoms with Crippen molar-refractivity contribution in [3.8, 4) is 0 Å². The van der Waals surface area contributed by atoms with Crippen molar-refractivity contribution in [1.82, 2.24) is 5.32 Å². The van der Waals surface area contributed by atoms with Gasteiger partial charge in [-0.15, -0.1) is 0 Å². The number of rotatable bonds is 6. The van der Waals surface area contributed by atoms with E-state index in [-0.39, 0.29) is 0 Å². The summed E-state index contributed by atoms with van der Waals surface area (Å²) in [7, 11) is 0. The molecule has 1 aliphatic rings. The van der Waals surface area contributed by atoms with Gasteiger partial charge in [0.15, 0.2) is 0 Å². The molecule has 0 spiro atoms. The Morgan fingerprint density at radius 2 is 2.25 bits per heavy atom. The molecule has 20 heavy (non-hydrogen) atoms. The molecule has 2 N–H and O–H groups in total. The lowest BCUT2D eigenvalue weighted by atomic mass is 10.1. The molecule has 3 nitrogen and oxygen atoms in total. The fourth-order valence-electron chi connectivity index (χ4n) is 2.79. The molecule has 1 fully saturated rings. The molecule has 2 rings (SSSR count). The number of anilines is 1. The van der Waals surface area contributed by atoms with Crippen molar-refractivity contribution in [3.63, 3.8) is 0 Å². The van der Waals surface area contributed by atoms with Crippen LogP contribution in [0.15, 0.2) is 18.2 Å². The van der Waals surface area contributed by atoms with Crippen LogP contribution in [0, 0.1) is 5.92 Å². The van der Waals surface area contributed by atoms with Crippen LogP contribution in [0.2, 0.25) is 5.02 Å². The Balaban J connectivity index is 2.10. The smallest absolute Gasteiger partial charge is 0.0434 e. The second kappa shape index (κ2) is 7.30. The van der Waals surface area contributed by atoms with E-state index in [1.165, 1.54) is 17.7 Å². The van der Waals surface area contributed by atoms with Crippen LogP contribution in [0.3, 0.4) is 0 Å². The van der Waals surface area contributed by atoms with Gasteiger partial charge in [-0.1, -0.05) is 25.4 Å². The third kappa shape index (κ3) is 4.11. The maximum absolute atomic E-state index is 9.07. The van der Waals surface area contributed by atoms with Gasteiger partial charge in [0.05, 0.1) is 0 Å². The summed E-state index contributed by atoms with van der Waals surface area (Å²) in [6, 6.07) is 6.62. The van der Waals surface area contributed by atoms with Gasteiger partial charge in [0.2, 0.25) is 0 Å². The molecule has 0 amide bonds. The summed E-state index contributed by atoms with van der Waals surface area (Å²) in [4.78, 5) is 2.42. The van der Waals surface area contributed by atoms with Crippen LogP contribution >= 0.6 is 11.6 Å². The number of aliphatic hydroxyl groups excluding tert-OH is 1. The zero-order valence-electron chi connectivity index (χ0n) is 12.4. The maximum Gasteiger partial charge on any atom is 0.0434 e. The normalized spacial score (nSPS) is 19.1. The van der Waals surface area contributed by atoms with Gasteiger partial charge in [-0.3, -0.25) is 0 Å². The predicted octanol–water partition coefficient (Wildman–Crippen LogP) is 3.05. The molecule has 1 saturated heterocycles. The molecular formula is C16H25ClN2O. The fourth-order valence-corrected chi connectivity index (χ4v) is 2.98. The van der Waals surface area contributed by atoms with Crippen LogP contribution in [-0.2, 0) is 6.54 Å². The topological polar surface area (TPSA) is 35.5 Å². The number of hydrogen-bond donors (Lipinski definition) is 2. The molecule has 4 heteroatoms. The van der Waals surface area contributed by atoms with E-state index in [0.717, 1.165) is 31.1 Å². The van der Waals surface area contributed by atoms with Crippen LogP contribution in [0.25, 0.3) is 0 Å². The number of hydrogen-bond acceptors (Lipinski definition) is 3. The number of halogens is 1. The first-order valence-corrected chi connectivity index (χ1v) is 7.85. The van der Waals surface area contributed by atoms with E-state index < -0.39 is 0 Å². The van der Waals surface area contributed by atoms with Crippen LogP contribution < -0.4 is 10.2 Å². The minimum atomic E-state index is 0.293. The molecule has 0 bridgehead atoms. The molecular weight excluding hydrogens is 272 g/mol. The van der Waals surface area contributed by atoms with Crippen molar-refractivity contribution in [1.29, 1.82) is 0 Å². The Hall–Kier alpha value is -0.770. The largest absolute Gasteiger partial charge is 0.396 e. The average Bonchev–Trinajstić information content (AvgIpc) is 2.85. The summed E-state index contributed by atoms with van der Waals surface area (Å²) in [6.45, 7) is 7.54. The van der Waals surface area contributed by atoms with Gasteiger partial charge < -0.3 is 15.3 Å². The summed E-state index contributed by atoms with van der Waals surface area (Å²) in [5.41, 5.74) is 2.54. The van der Waals surface area contributed by atoms with Gasteiger partial charge in [-0.05, 0) is 42.5 Å². The first-order valence-electron chi connectivity index (χ1n) is 7.47. The highest BCUT2D eigenvalue weighted by molar-refractivity contribution is 6.30. The van der Waals surface area contributed by atoms with Crippen LogP contribution in [-0.4, -0.2) is 30.8 Å². The second-order valence-electron chi connectivity index (χ2n) is 5.92. The quantitative estimate of drug-likeness (QED) is 0.847. The van der Waals surface area contributed by atoms with Crippen LogP contribution in [0.4, 0.5) is 5.69 Å². The van der Waals surface area contributed by atoms with E-state index in [0.29, 0.717) is 18.6 Å². The lowest BCUT2D eigenvalue weighted by Crippen LogP contribution is -2.25. The van der Waals surface area contributed by atoms with Crippen molar-refractivity contribution in [2.75, 3.05) is 24.6 Å². The highest BCUT2D eigenvalue weighted by Crippen LogP contribution is 2.30. The average molecular weight is 297 g/mol. The minimum Gasteiger partial charge on any atom is -0.396 e. The summed E-state index contributed by atoms with van der Waals surface area (Å²) >= 11 is 6.14. The predicted molar refractivity (Wildman–Crippen MR) is 85.5 cm³/mol. The number of nitrogens with one attached hydrogen (secondary N) is 1. The van der Waals surface area contributed by atoms with Crippen molar-refractivity contribution in [2.24, 2.45) is 5.92 Å². The second-order valence-corrected chi connectivity index (χ2v) is 6.36. The Morgan fingerprint density at radius 3 is 2.95 bits per heavy atom. The highest BCUT2D eigenvalue weighted by atomic mass is 35.5. The minimum absolute atomic E-state index is 0.293. The monoisotopic (exact) mass is 296 g/mol. The number of nitrogens with zero attached hydrogens (tertiary/aromatic N) is 1. The molecule has 112 valence electrons. The van der Waals surface area contributed by atoms with Crippen molar-refractivity contribution >= 4 is 17.3 Å². The maximum atomic E-state index is 9.07. The molecule has 0 radical (unpaired) electrons. The zero-order chi connectivity index (χ0) is 14.5. The lowest BCUT2D eigenvalue weighted by Gasteiger charge is -2.23. The van der Waals surface area contributed by atoms with E-state index >= 15 is 0 Å². The van der Waals surface area contributed by atoms with Crippen molar-refractivity contribution in [2.45, 2.75) is 39.3 Å². The van der Waals surface area contributed by atoms with Gasteiger partial charge in [0.1, 0.15) is 0 Å². The van der Waals surface area contributed by atoms with Crippen LogP contribution in [0.1, 0.15) is 32.3 Å². The van der Waals surface area contributed by atoms with Gasteiger partial charge in [-0.25, -0.2) is 0 Å².